The molecule has 0 fully saturated rings. The largest absolute Gasteiger partial charge is 0.464 e. The van der Waals surface area contributed by atoms with E-state index in [0.717, 1.165) is 12.1 Å². The molecule has 0 aliphatic carbocycles. The molecule has 0 aliphatic heterocycles. The minimum atomic E-state index is 0.111. The molecule has 0 spiro atoms. The van der Waals surface area contributed by atoms with Crippen LogP contribution in [0.15, 0.2) is 28.9 Å². The van der Waals surface area contributed by atoms with Crippen LogP contribution in [0.4, 0.5) is 0 Å². The molecule has 0 radical (unpaired) electrons. The highest BCUT2D eigenvalue weighted by Gasteiger charge is 2.19. The van der Waals surface area contributed by atoms with E-state index in [4.69, 9.17) is 4.42 Å². The van der Waals surface area contributed by atoms with E-state index in [1.165, 1.54) is 16.5 Å². The molecule has 0 unspecified atom stereocenters. The monoisotopic (exact) mass is 245 g/mol. The average Bonchev–Trinajstić information content (AvgIpc) is 2.67. The summed E-state index contributed by atoms with van der Waals surface area (Å²) < 4.78 is 5.80. The first kappa shape index (κ1) is 13.2. The van der Waals surface area contributed by atoms with E-state index in [1.54, 1.807) is 0 Å². The Morgan fingerprint density at radius 2 is 1.94 bits per heavy atom. The summed E-state index contributed by atoms with van der Waals surface area (Å²) in [6.07, 6.45) is 1.88. The van der Waals surface area contributed by atoms with Crippen LogP contribution in [0.5, 0.6) is 0 Å². The van der Waals surface area contributed by atoms with Gasteiger partial charge in [0, 0.05) is 29.1 Å². The van der Waals surface area contributed by atoms with Crippen LogP contribution in [0.25, 0.3) is 11.0 Å². The fourth-order valence-corrected chi connectivity index (χ4v) is 2.15. The zero-order valence-electron chi connectivity index (χ0n) is 12.0. The first-order chi connectivity index (χ1) is 8.39. The highest BCUT2D eigenvalue weighted by Crippen LogP contribution is 2.32. The molecule has 1 heterocycles. The van der Waals surface area contributed by atoms with Crippen molar-refractivity contribution in [3.8, 4) is 0 Å². The Kier molecular flexibility index (Phi) is 3.49. The number of para-hydroxylation sites is 1. The van der Waals surface area contributed by atoms with Gasteiger partial charge in [-0.2, -0.15) is 0 Å². The van der Waals surface area contributed by atoms with Gasteiger partial charge in [0.05, 0.1) is 6.26 Å². The van der Waals surface area contributed by atoms with Crippen molar-refractivity contribution in [1.82, 2.24) is 5.32 Å². The van der Waals surface area contributed by atoms with Gasteiger partial charge in [0.1, 0.15) is 5.58 Å². The van der Waals surface area contributed by atoms with Gasteiger partial charge in [-0.1, -0.05) is 52.8 Å². The molecule has 2 rings (SSSR count). The third-order valence-corrected chi connectivity index (χ3v) is 3.19. The van der Waals surface area contributed by atoms with Crippen molar-refractivity contribution in [1.29, 1.82) is 0 Å². The summed E-state index contributed by atoms with van der Waals surface area (Å²) in [6, 6.07) is 6.91. The Bertz CT molecular complexity index is 532. The third kappa shape index (κ3) is 2.59. The number of hydrogen-bond donors (Lipinski definition) is 1. The molecule has 0 atom stereocenters. The molecule has 2 aromatic rings. The summed E-state index contributed by atoms with van der Waals surface area (Å²) in [5.74, 6) is 0. The van der Waals surface area contributed by atoms with E-state index in [1.807, 2.05) is 6.26 Å². The van der Waals surface area contributed by atoms with Crippen LogP contribution >= 0.6 is 0 Å². The van der Waals surface area contributed by atoms with Crippen molar-refractivity contribution < 1.29 is 4.42 Å². The quantitative estimate of drug-likeness (QED) is 0.875. The van der Waals surface area contributed by atoms with Crippen LogP contribution in [-0.4, -0.2) is 6.04 Å². The second kappa shape index (κ2) is 4.77. The van der Waals surface area contributed by atoms with Crippen LogP contribution in [0.1, 0.15) is 45.7 Å². The van der Waals surface area contributed by atoms with Gasteiger partial charge in [0.2, 0.25) is 0 Å². The van der Waals surface area contributed by atoms with Crippen molar-refractivity contribution in [2.45, 2.75) is 52.6 Å². The van der Waals surface area contributed by atoms with Crippen LogP contribution < -0.4 is 5.32 Å². The Morgan fingerprint density at radius 3 is 2.56 bits per heavy atom. The second-order valence-corrected chi connectivity index (χ2v) is 6.23. The van der Waals surface area contributed by atoms with E-state index in [-0.39, 0.29) is 5.41 Å². The molecule has 1 aromatic carbocycles. The first-order valence-corrected chi connectivity index (χ1v) is 6.62. The fourth-order valence-electron chi connectivity index (χ4n) is 2.15. The lowest BCUT2D eigenvalue weighted by molar-refractivity contribution is 0.551. The van der Waals surface area contributed by atoms with E-state index >= 15 is 0 Å². The standard InChI is InChI=1S/C16H23NO/c1-11(2)17-9-12-10-18-15-13(12)7-6-8-14(15)16(3,4)5/h6-8,10-11,17H,9H2,1-5H3. The predicted octanol–water partition coefficient (Wildman–Crippen LogP) is 4.23. The van der Waals surface area contributed by atoms with Crippen molar-refractivity contribution in [2.24, 2.45) is 0 Å². The van der Waals surface area contributed by atoms with E-state index in [9.17, 15) is 0 Å². The molecule has 0 saturated carbocycles. The van der Waals surface area contributed by atoms with Gasteiger partial charge in [-0.15, -0.1) is 0 Å². The van der Waals surface area contributed by atoms with Gasteiger partial charge < -0.3 is 9.73 Å². The maximum atomic E-state index is 5.80. The van der Waals surface area contributed by atoms with Gasteiger partial charge in [0.25, 0.3) is 0 Å². The molecule has 98 valence electrons. The Hall–Kier alpha value is -1.28. The molecule has 2 nitrogen and oxygen atoms in total. The lowest BCUT2D eigenvalue weighted by atomic mass is 9.86. The minimum Gasteiger partial charge on any atom is -0.464 e. The van der Waals surface area contributed by atoms with Gasteiger partial charge in [-0.25, -0.2) is 0 Å². The summed E-state index contributed by atoms with van der Waals surface area (Å²) >= 11 is 0. The van der Waals surface area contributed by atoms with Crippen molar-refractivity contribution >= 4 is 11.0 Å². The Morgan fingerprint density at radius 1 is 1.22 bits per heavy atom. The predicted molar refractivity (Wildman–Crippen MR) is 76.9 cm³/mol. The van der Waals surface area contributed by atoms with Crippen LogP contribution in [-0.2, 0) is 12.0 Å². The average molecular weight is 245 g/mol. The third-order valence-electron chi connectivity index (χ3n) is 3.19. The summed E-state index contributed by atoms with van der Waals surface area (Å²) in [5.41, 5.74) is 3.66. The Balaban J connectivity index is 2.42. The van der Waals surface area contributed by atoms with E-state index in [0.29, 0.717) is 6.04 Å². The normalized spacial score (nSPS) is 12.6. The maximum Gasteiger partial charge on any atom is 0.137 e. The fraction of sp³-hybridized carbons (Fsp3) is 0.500. The van der Waals surface area contributed by atoms with Crippen molar-refractivity contribution in [3.05, 3.63) is 35.6 Å². The number of furan rings is 1. The summed E-state index contributed by atoms with van der Waals surface area (Å²) in [5, 5.41) is 4.67. The number of hydrogen-bond acceptors (Lipinski definition) is 2. The zero-order valence-corrected chi connectivity index (χ0v) is 12.0. The van der Waals surface area contributed by atoms with Crippen molar-refractivity contribution in [3.63, 3.8) is 0 Å². The SMILES string of the molecule is CC(C)NCc1coc2c(C(C)(C)C)cccc12. The molecule has 2 heteroatoms. The maximum absolute atomic E-state index is 5.80. The van der Waals surface area contributed by atoms with Gasteiger partial charge >= 0.3 is 0 Å². The summed E-state index contributed by atoms with van der Waals surface area (Å²) in [6.45, 7) is 11.8. The molecule has 18 heavy (non-hydrogen) atoms. The number of rotatable bonds is 3. The second-order valence-electron chi connectivity index (χ2n) is 6.23. The highest BCUT2D eigenvalue weighted by molar-refractivity contribution is 5.84. The highest BCUT2D eigenvalue weighted by atomic mass is 16.3. The number of nitrogens with one attached hydrogen (secondary N) is 1. The minimum absolute atomic E-state index is 0.111. The van der Waals surface area contributed by atoms with Crippen molar-refractivity contribution in [2.75, 3.05) is 0 Å². The van der Waals surface area contributed by atoms with Crippen LogP contribution in [0.2, 0.25) is 0 Å². The van der Waals surface area contributed by atoms with Gasteiger partial charge in [-0.05, 0) is 5.41 Å². The molecule has 0 bridgehead atoms. The molecule has 1 N–H and O–H groups in total. The molecular formula is C16H23NO. The molecule has 0 amide bonds. The summed E-state index contributed by atoms with van der Waals surface area (Å²) in [4.78, 5) is 0. The Labute approximate surface area is 109 Å². The number of benzene rings is 1. The molecule has 1 aromatic heterocycles. The van der Waals surface area contributed by atoms with Crippen LogP contribution in [0, 0.1) is 0 Å². The van der Waals surface area contributed by atoms with E-state index < -0.39 is 0 Å². The summed E-state index contributed by atoms with van der Waals surface area (Å²) in [7, 11) is 0. The zero-order chi connectivity index (χ0) is 13.3. The van der Waals surface area contributed by atoms with Gasteiger partial charge in [-0.3, -0.25) is 0 Å². The topological polar surface area (TPSA) is 25.2 Å². The van der Waals surface area contributed by atoms with Crippen LogP contribution in [0.3, 0.4) is 0 Å². The smallest absolute Gasteiger partial charge is 0.137 e. The number of fused-ring (bicyclic) bond motifs is 1. The van der Waals surface area contributed by atoms with Gasteiger partial charge in [0.15, 0.2) is 0 Å². The first-order valence-electron chi connectivity index (χ1n) is 6.62. The molecule has 0 aliphatic rings. The molecule has 0 saturated heterocycles. The lowest BCUT2D eigenvalue weighted by Crippen LogP contribution is -2.21. The molecular weight excluding hydrogens is 222 g/mol. The van der Waals surface area contributed by atoms with E-state index in [2.05, 4.69) is 58.1 Å². The lowest BCUT2D eigenvalue weighted by Gasteiger charge is -2.19.